The minimum Gasteiger partial charge on any atom is -0.399 e. The maximum absolute atomic E-state index is 6.21. The van der Waals surface area contributed by atoms with Gasteiger partial charge in [0.25, 0.3) is 0 Å². The smallest absolute Gasteiger partial charge is 0.0314 e. The predicted octanol–water partition coefficient (Wildman–Crippen LogP) is 19.6. The Morgan fingerprint density at radius 3 is 0.969 bits per heavy atom. The number of benzene rings is 4. The van der Waals surface area contributed by atoms with Crippen LogP contribution in [0.4, 0.5) is 11.4 Å². The summed E-state index contributed by atoms with van der Waals surface area (Å²) in [6.45, 7) is 6.94. The summed E-state index contributed by atoms with van der Waals surface area (Å²) in [6, 6.07) is 37.7. The molecule has 0 heterocycles. The molecule has 1 fully saturated rings. The molecule has 1 saturated carbocycles. The van der Waals surface area contributed by atoms with E-state index in [-0.39, 0.29) is 5.41 Å². The van der Waals surface area contributed by atoms with E-state index in [4.69, 9.17) is 11.5 Å². The van der Waals surface area contributed by atoms with Gasteiger partial charge in [0.1, 0.15) is 0 Å². The van der Waals surface area contributed by atoms with Gasteiger partial charge in [0.05, 0.1) is 0 Å². The van der Waals surface area contributed by atoms with E-state index in [1.807, 2.05) is 0 Å². The molecule has 2 nitrogen and oxygen atoms in total. The zero-order valence-corrected chi connectivity index (χ0v) is 42.3. The summed E-state index contributed by atoms with van der Waals surface area (Å²) >= 11 is 0. The second kappa shape index (κ2) is 30.7. The molecular weight excluding hydrogens is 785 g/mol. The summed E-state index contributed by atoms with van der Waals surface area (Å²) in [4.78, 5) is 0. The van der Waals surface area contributed by atoms with E-state index in [9.17, 15) is 0 Å². The van der Waals surface area contributed by atoms with Crippen LogP contribution in [0, 0.1) is 5.92 Å². The fraction of sp³-hybridized carbons (Fsp3) is 0.619. The van der Waals surface area contributed by atoms with Gasteiger partial charge in [-0.15, -0.1) is 0 Å². The first-order valence-corrected chi connectivity index (χ1v) is 27.9. The van der Waals surface area contributed by atoms with Gasteiger partial charge >= 0.3 is 0 Å². The molecule has 1 aliphatic rings. The third kappa shape index (κ3) is 17.9. The number of nitrogen functional groups attached to an aromatic ring is 2. The van der Waals surface area contributed by atoms with Gasteiger partial charge in [0, 0.05) is 28.6 Å². The van der Waals surface area contributed by atoms with Gasteiger partial charge in [-0.25, -0.2) is 0 Å². The van der Waals surface area contributed by atoms with Crippen LogP contribution in [0.15, 0.2) is 97.1 Å². The standard InChI is InChI=1S/C63H96N2/c1-4-7-10-13-15-17-19-21-24-27-30-61(55-36-44-59(64)45-37-55)53-32-40-57(41-33-53)63(50-48-52(49-51-63)29-26-23-12-9-6-3)58-42-34-54(35-43-58)62(56-38-46-60(65)47-39-56)31-28-25-22-20-18-16-14-11-8-5-2/h32-47,52,61-62H,4-31,48-51,64-65H2,1-3H3. The molecule has 0 aromatic heterocycles. The van der Waals surface area contributed by atoms with Crippen LogP contribution in [0.5, 0.6) is 0 Å². The zero-order chi connectivity index (χ0) is 45.8. The molecule has 0 aliphatic heterocycles. The maximum Gasteiger partial charge on any atom is 0.0314 e. The summed E-state index contributed by atoms with van der Waals surface area (Å²) in [5.41, 5.74) is 22.9. The largest absolute Gasteiger partial charge is 0.399 e. The fourth-order valence-corrected chi connectivity index (χ4v) is 11.5. The van der Waals surface area contributed by atoms with Crippen molar-refractivity contribution in [1.29, 1.82) is 0 Å². The Hall–Kier alpha value is -3.52. The van der Waals surface area contributed by atoms with Crippen molar-refractivity contribution < 1.29 is 0 Å². The summed E-state index contributed by atoms with van der Waals surface area (Å²) < 4.78 is 0. The van der Waals surface area contributed by atoms with Crippen LogP contribution in [0.25, 0.3) is 0 Å². The van der Waals surface area contributed by atoms with Gasteiger partial charge < -0.3 is 11.5 Å². The average Bonchev–Trinajstić information content (AvgIpc) is 3.34. The molecule has 0 spiro atoms. The van der Waals surface area contributed by atoms with Crippen LogP contribution in [0.3, 0.4) is 0 Å². The van der Waals surface area contributed by atoms with Crippen molar-refractivity contribution in [1.82, 2.24) is 0 Å². The first kappa shape index (κ1) is 52.4. The lowest BCUT2D eigenvalue weighted by Crippen LogP contribution is -2.33. The van der Waals surface area contributed by atoms with Crippen LogP contribution < -0.4 is 11.5 Å². The number of hydrogen-bond acceptors (Lipinski definition) is 2. The van der Waals surface area contributed by atoms with Gasteiger partial charge in [-0.2, -0.15) is 0 Å². The Kier molecular flexibility index (Phi) is 24.8. The summed E-state index contributed by atoms with van der Waals surface area (Å²) in [5.74, 6) is 1.66. The number of unbranched alkanes of at least 4 members (excludes halogenated alkanes) is 22. The van der Waals surface area contributed by atoms with E-state index >= 15 is 0 Å². The van der Waals surface area contributed by atoms with Crippen LogP contribution >= 0.6 is 0 Å². The van der Waals surface area contributed by atoms with E-state index in [1.165, 1.54) is 239 Å². The summed E-state index contributed by atoms with van der Waals surface area (Å²) in [6.07, 6.45) is 43.3. The minimum atomic E-state index is 0.0518. The molecule has 2 atom stereocenters. The maximum atomic E-state index is 6.21. The van der Waals surface area contributed by atoms with Crippen LogP contribution in [-0.4, -0.2) is 0 Å². The highest BCUT2D eigenvalue weighted by Crippen LogP contribution is 2.48. The summed E-state index contributed by atoms with van der Waals surface area (Å²) in [5, 5.41) is 0. The molecule has 4 aromatic rings. The molecule has 65 heavy (non-hydrogen) atoms. The van der Waals surface area contributed by atoms with E-state index in [0.717, 1.165) is 17.3 Å². The number of hydrogen-bond donors (Lipinski definition) is 2. The summed E-state index contributed by atoms with van der Waals surface area (Å²) in [7, 11) is 0. The lowest BCUT2D eigenvalue weighted by molar-refractivity contribution is 0.250. The highest BCUT2D eigenvalue weighted by Gasteiger charge is 2.38. The van der Waals surface area contributed by atoms with E-state index < -0.39 is 0 Å². The number of nitrogens with two attached hydrogens (primary N) is 2. The van der Waals surface area contributed by atoms with Crippen molar-refractivity contribution in [2.45, 2.75) is 243 Å². The molecule has 358 valence electrons. The van der Waals surface area contributed by atoms with Crippen LogP contribution in [-0.2, 0) is 5.41 Å². The van der Waals surface area contributed by atoms with E-state index in [0.29, 0.717) is 11.8 Å². The second-order valence-electron chi connectivity index (χ2n) is 20.9. The monoisotopic (exact) mass is 881 g/mol. The first-order chi connectivity index (χ1) is 32.0. The van der Waals surface area contributed by atoms with Gasteiger partial charge in [0.15, 0.2) is 0 Å². The quantitative estimate of drug-likeness (QED) is 0.0363. The second-order valence-corrected chi connectivity index (χ2v) is 20.9. The molecule has 5 rings (SSSR count). The Morgan fingerprint density at radius 2 is 0.646 bits per heavy atom. The normalized spacial score (nSPS) is 17.3. The molecule has 2 heteroatoms. The minimum absolute atomic E-state index is 0.0518. The topological polar surface area (TPSA) is 52.0 Å². The number of anilines is 2. The van der Waals surface area contributed by atoms with Crippen molar-refractivity contribution in [3.8, 4) is 0 Å². The molecular formula is C63H96N2. The Labute approximate surface area is 401 Å². The van der Waals surface area contributed by atoms with Gasteiger partial charge in [-0.1, -0.05) is 261 Å². The van der Waals surface area contributed by atoms with Crippen molar-refractivity contribution >= 4 is 11.4 Å². The van der Waals surface area contributed by atoms with Gasteiger partial charge in [0.2, 0.25) is 0 Å². The van der Waals surface area contributed by atoms with Crippen LogP contribution in [0.1, 0.15) is 271 Å². The lowest BCUT2D eigenvalue weighted by Gasteiger charge is -2.42. The zero-order valence-electron chi connectivity index (χ0n) is 42.3. The molecule has 4 N–H and O–H groups in total. The van der Waals surface area contributed by atoms with Crippen molar-refractivity contribution in [3.05, 3.63) is 130 Å². The van der Waals surface area contributed by atoms with Crippen molar-refractivity contribution in [3.63, 3.8) is 0 Å². The van der Waals surface area contributed by atoms with E-state index in [2.05, 4.69) is 118 Å². The Balaban J connectivity index is 1.31. The molecule has 2 unspecified atom stereocenters. The molecule has 0 radical (unpaired) electrons. The fourth-order valence-electron chi connectivity index (χ4n) is 11.5. The Morgan fingerprint density at radius 1 is 0.369 bits per heavy atom. The van der Waals surface area contributed by atoms with E-state index in [1.54, 1.807) is 0 Å². The van der Waals surface area contributed by atoms with Gasteiger partial charge in [-0.05, 0) is 102 Å². The highest BCUT2D eigenvalue weighted by molar-refractivity contribution is 5.47. The molecule has 4 aromatic carbocycles. The third-order valence-electron chi connectivity index (χ3n) is 15.8. The average molecular weight is 881 g/mol. The molecule has 0 saturated heterocycles. The number of rotatable bonds is 34. The van der Waals surface area contributed by atoms with Crippen molar-refractivity contribution in [2.24, 2.45) is 5.92 Å². The SMILES string of the molecule is CCCCCCCCCCCCC(c1ccc(N)cc1)c1ccc(C2(c3ccc(C(CCCCCCCCCCCC)c4ccc(N)cc4)cc3)CCC(CCCCCCC)CC2)cc1. The van der Waals surface area contributed by atoms with Crippen LogP contribution in [0.2, 0.25) is 0 Å². The molecule has 0 amide bonds. The highest BCUT2D eigenvalue weighted by atomic mass is 14.5. The third-order valence-corrected chi connectivity index (χ3v) is 15.8. The predicted molar refractivity (Wildman–Crippen MR) is 287 cm³/mol. The first-order valence-electron chi connectivity index (χ1n) is 27.9. The van der Waals surface area contributed by atoms with Gasteiger partial charge in [-0.3, -0.25) is 0 Å². The Bertz CT molecular complexity index is 1640. The molecule has 0 bridgehead atoms. The molecule has 1 aliphatic carbocycles. The lowest BCUT2D eigenvalue weighted by atomic mass is 9.62. The van der Waals surface area contributed by atoms with Crippen molar-refractivity contribution in [2.75, 3.05) is 11.5 Å².